The molecule has 0 heterocycles. The molecule has 370 valence electrons. The van der Waals surface area contributed by atoms with Crippen LogP contribution in [0.3, 0.4) is 0 Å². The lowest BCUT2D eigenvalue weighted by Crippen LogP contribution is -2.56. The summed E-state index contributed by atoms with van der Waals surface area (Å²) in [4.78, 5) is 75.0. The minimum absolute atomic E-state index is 0.273. The van der Waals surface area contributed by atoms with E-state index in [4.69, 9.17) is 0 Å². The van der Waals surface area contributed by atoms with Gasteiger partial charge >= 0.3 is 12.1 Å². The van der Waals surface area contributed by atoms with E-state index in [1.54, 1.807) is 18.2 Å². The van der Waals surface area contributed by atoms with Crippen molar-refractivity contribution in [1.29, 1.82) is 0 Å². The van der Waals surface area contributed by atoms with Crippen molar-refractivity contribution in [2.45, 2.75) is 309 Å². The van der Waals surface area contributed by atoms with Crippen LogP contribution < -0.4 is 10.6 Å². The zero-order valence-corrected chi connectivity index (χ0v) is 41.8. The van der Waals surface area contributed by atoms with E-state index in [0.29, 0.717) is 19.3 Å². The third-order valence-electron chi connectivity index (χ3n) is 12.7. The van der Waals surface area contributed by atoms with Crippen molar-refractivity contribution in [2.24, 2.45) is 15.0 Å². The number of urea groups is 2. The predicted molar refractivity (Wildman–Crippen MR) is 266 cm³/mol. The molecule has 0 fully saturated rings. The zero-order valence-electron chi connectivity index (χ0n) is 41.8. The average Bonchev–Trinajstić information content (AvgIpc) is 3.28. The number of amides is 4. The van der Waals surface area contributed by atoms with Gasteiger partial charge in [0.05, 0.1) is 0 Å². The van der Waals surface area contributed by atoms with Crippen LogP contribution in [0.5, 0.6) is 0 Å². The number of imide groups is 1. The molecular weight excluding hydrogens is 801 g/mol. The fraction of sp³-hybridized carbons (Fsp3) is 0.906. The zero-order chi connectivity index (χ0) is 46.8. The minimum atomic E-state index is -1.13. The van der Waals surface area contributed by atoms with Gasteiger partial charge in [-0.25, -0.2) is 28.9 Å². The molecule has 4 amide bonds. The molecule has 0 spiro atoms. The van der Waals surface area contributed by atoms with E-state index in [0.717, 1.165) is 75.5 Å². The second kappa shape index (κ2) is 49.3. The lowest BCUT2D eigenvalue weighted by atomic mass is 10.0. The summed E-state index contributed by atoms with van der Waals surface area (Å²) in [5, 5.41) is 5.46. The first-order valence-corrected chi connectivity index (χ1v) is 27.1. The molecule has 3 atom stereocenters. The molecule has 0 bridgehead atoms. The van der Waals surface area contributed by atoms with Gasteiger partial charge in [0.25, 0.3) is 0 Å². The van der Waals surface area contributed by atoms with Crippen molar-refractivity contribution >= 4 is 30.3 Å². The van der Waals surface area contributed by atoms with Crippen LogP contribution in [0.25, 0.3) is 0 Å². The quantitative estimate of drug-likeness (QED) is 0.0354. The van der Waals surface area contributed by atoms with Crippen LogP contribution in [-0.4, -0.2) is 53.7 Å². The predicted octanol–water partition coefficient (Wildman–Crippen LogP) is 16.1. The summed E-state index contributed by atoms with van der Waals surface area (Å²) < 4.78 is 0. The fourth-order valence-corrected chi connectivity index (χ4v) is 8.62. The van der Waals surface area contributed by atoms with Crippen molar-refractivity contribution < 1.29 is 24.0 Å². The van der Waals surface area contributed by atoms with Crippen LogP contribution in [-0.2, 0) is 14.4 Å². The molecule has 0 rings (SSSR count). The number of hydrogen-bond donors (Lipinski definition) is 2. The first-order chi connectivity index (χ1) is 31.5. The molecule has 11 nitrogen and oxygen atoms in total. The van der Waals surface area contributed by atoms with E-state index in [2.05, 4.69) is 46.4 Å². The minimum Gasteiger partial charge on any atom is -0.315 e. The van der Waals surface area contributed by atoms with Crippen molar-refractivity contribution in [2.75, 3.05) is 0 Å². The van der Waals surface area contributed by atoms with Crippen LogP contribution in [0.2, 0.25) is 0 Å². The fourth-order valence-electron chi connectivity index (χ4n) is 8.62. The number of unbranched alkanes of at least 4 members (excludes halogenated alkanes) is 36. The Kier molecular flexibility index (Phi) is 46.9. The lowest BCUT2D eigenvalue weighted by molar-refractivity contribution is 0.161. The Morgan fingerprint density at radius 3 is 0.797 bits per heavy atom. The third kappa shape index (κ3) is 39.3. The maximum atomic E-state index is 13.9. The molecule has 0 saturated carbocycles. The highest BCUT2D eigenvalue weighted by Gasteiger charge is 2.32. The van der Waals surface area contributed by atoms with Crippen LogP contribution in [0.15, 0.2) is 15.0 Å². The number of nitrogens with zero attached hydrogens (tertiary/aromatic N) is 4. The second-order valence-electron chi connectivity index (χ2n) is 18.5. The van der Waals surface area contributed by atoms with Gasteiger partial charge in [0.15, 0.2) is 0 Å². The number of carbonyl (C=O) groups is 2. The van der Waals surface area contributed by atoms with Gasteiger partial charge in [0.1, 0.15) is 18.5 Å². The Morgan fingerprint density at radius 2 is 0.562 bits per heavy atom. The summed E-state index contributed by atoms with van der Waals surface area (Å²) in [5.41, 5.74) is 0. The van der Waals surface area contributed by atoms with E-state index in [1.165, 1.54) is 173 Å². The Morgan fingerprint density at radius 1 is 0.344 bits per heavy atom. The lowest BCUT2D eigenvalue weighted by Gasteiger charge is -2.29. The monoisotopic (exact) mass is 899 g/mol. The van der Waals surface area contributed by atoms with Crippen molar-refractivity contribution in [1.82, 2.24) is 15.5 Å². The first-order valence-electron chi connectivity index (χ1n) is 27.1. The smallest absolute Gasteiger partial charge is 0.315 e. The highest BCUT2D eigenvalue weighted by atomic mass is 16.2. The van der Waals surface area contributed by atoms with Crippen molar-refractivity contribution in [3.8, 4) is 0 Å². The maximum absolute atomic E-state index is 13.9. The Labute approximate surface area is 392 Å². The summed E-state index contributed by atoms with van der Waals surface area (Å²) >= 11 is 0. The summed E-state index contributed by atoms with van der Waals surface area (Å²) in [7, 11) is 0. The van der Waals surface area contributed by atoms with E-state index < -0.39 is 30.6 Å². The molecule has 0 saturated heterocycles. The number of aliphatic imine (C=N–C) groups is 3. The van der Waals surface area contributed by atoms with Gasteiger partial charge in [-0.1, -0.05) is 252 Å². The molecular formula is C53H98N6O5. The molecule has 0 aromatic carbocycles. The molecule has 3 unspecified atom stereocenters. The van der Waals surface area contributed by atoms with Crippen LogP contribution >= 0.6 is 0 Å². The molecule has 0 aromatic heterocycles. The third-order valence-corrected chi connectivity index (χ3v) is 12.7. The average molecular weight is 899 g/mol. The van der Waals surface area contributed by atoms with Gasteiger partial charge in [-0.2, -0.15) is 15.0 Å². The van der Waals surface area contributed by atoms with E-state index in [9.17, 15) is 24.0 Å². The number of carbonyl (C=O) groups excluding carboxylic acids is 5. The molecule has 11 heteroatoms. The van der Waals surface area contributed by atoms with Crippen LogP contribution in [0.4, 0.5) is 9.59 Å². The van der Waals surface area contributed by atoms with E-state index >= 15 is 0 Å². The number of nitrogens with one attached hydrogen (secondary N) is 2. The highest BCUT2D eigenvalue weighted by molar-refractivity contribution is 5.94. The Balaban J connectivity index is 5.29. The molecule has 0 aliphatic heterocycles. The molecule has 0 aromatic rings. The summed E-state index contributed by atoms with van der Waals surface area (Å²) in [6.45, 7) is 6.73. The number of isocyanates is 3. The molecule has 0 aliphatic rings. The summed E-state index contributed by atoms with van der Waals surface area (Å²) in [5.74, 6) is 0. The van der Waals surface area contributed by atoms with Gasteiger partial charge in [-0.3, -0.25) is 0 Å². The second-order valence-corrected chi connectivity index (χ2v) is 18.5. The molecule has 0 aliphatic carbocycles. The van der Waals surface area contributed by atoms with E-state index in [1.807, 2.05) is 0 Å². The van der Waals surface area contributed by atoms with Crippen molar-refractivity contribution in [3.63, 3.8) is 0 Å². The normalized spacial score (nSPS) is 12.4. The highest BCUT2D eigenvalue weighted by Crippen LogP contribution is 2.19. The van der Waals surface area contributed by atoms with Gasteiger partial charge in [-0.15, -0.1) is 0 Å². The Hall–Kier alpha value is -3.12. The molecule has 2 N–H and O–H groups in total. The van der Waals surface area contributed by atoms with Gasteiger partial charge in [-0.05, 0) is 38.5 Å². The summed E-state index contributed by atoms with van der Waals surface area (Å²) in [6.07, 6.45) is 49.3. The van der Waals surface area contributed by atoms with Gasteiger partial charge in [0, 0.05) is 0 Å². The van der Waals surface area contributed by atoms with Gasteiger partial charge < -0.3 is 10.6 Å². The van der Waals surface area contributed by atoms with Crippen molar-refractivity contribution in [3.05, 3.63) is 0 Å². The van der Waals surface area contributed by atoms with Gasteiger partial charge in [0.2, 0.25) is 18.2 Å². The molecule has 0 radical (unpaired) electrons. The first kappa shape index (κ1) is 60.9. The maximum Gasteiger partial charge on any atom is 0.329 e. The van der Waals surface area contributed by atoms with Crippen LogP contribution in [0.1, 0.15) is 290 Å². The number of hydrogen-bond acceptors (Lipinski definition) is 8. The Bertz CT molecular complexity index is 1150. The number of rotatable bonds is 48. The standard InChI is InChI=1S/C53H98N6O5/c1-4-7-10-13-16-19-22-25-28-31-34-37-40-43-49(54-46-60)57-52(63)59(51(56-48-62)45-42-39-36-33-30-27-24-21-18-15-12-9-6-3)53(64)58-50(55-47-61)44-41-38-35-32-29-26-23-20-17-14-11-8-5-2/h49-51H,4-45H2,1-3H3,(H,57,63)(H,58,64). The topological polar surface area (TPSA) is 150 Å². The SMILES string of the molecule is CCCCCCCCCCCCCCCC(N=C=O)NC(=O)N(C(=O)NC(CCCCCCCCCCCCCCC)N=C=O)C(CCCCCCCCCCCCCCC)N=C=O. The van der Waals surface area contributed by atoms with E-state index in [-0.39, 0.29) is 6.42 Å². The van der Waals surface area contributed by atoms with Crippen LogP contribution in [0, 0.1) is 0 Å². The summed E-state index contributed by atoms with van der Waals surface area (Å²) in [6, 6.07) is -1.66. The molecule has 64 heavy (non-hydrogen) atoms. The largest absolute Gasteiger partial charge is 0.329 e.